The second kappa shape index (κ2) is 8.67. The maximum absolute atomic E-state index is 13.2. The summed E-state index contributed by atoms with van der Waals surface area (Å²) in [5.41, 5.74) is 2.31. The number of piperazine rings is 1. The fourth-order valence-corrected chi connectivity index (χ4v) is 4.08. The first-order valence-electron chi connectivity index (χ1n) is 10.1. The predicted molar refractivity (Wildman–Crippen MR) is 119 cm³/mol. The summed E-state index contributed by atoms with van der Waals surface area (Å²) >= 11 is 0. The highest BCUT2D eigenvalue weighted by atomic mass is 16.5. The number of hydrogen-bond donors (Lipinski definition) is 1. The van der Waals surface area contributed by atoms with Crippen molar-refractivity contribution in [3.63, 3.8) is 0 Å². The Morgan fingerprint density at radius 2 is 1.52 bits per heavy atom. The van der Waals surface area contributed by atoms with Gasteiger partial charge in [-0.25, -0.2) is 0 Å². The molecule has 2 aromatic carbocycles. The van der Waals surface area contributed by atoms with E-state index in [4.69, 9.17) is 18.9 Å². The SMILES string of the molecule is COc1ccccc1N1CCN(C(=O)c2cc3c(OC)c(OC)c(OC)cc3[nH]2)CC1. The van der Waals surface area contributed by atoms with Gasteiger partial charge in [0.15, 0.2) is 11.5 Å². The van der Waals surface area contributed by atoms with Gasteiger partial charge in [-0.05, 0) is 18.2 Å². The number of amides is 1. The van der Waals surface area contributed by atoms with Gasteiger partial charge in [-0.15, -0.1) is 0 Å². The third-order valence-corrected chi connectivity index (χ3v) is 5.65. The van der Waals surface area contributed by atoms with E-state index in [1.165, 1.54) is 0 Å². The molecule has 1 N–H and O–H groups in total. The van der Waals surface area contributed by atoms with Crippen LogP contribution in [0.25, 0.3) is 10.9 Å². The van der Waals surface area contributed by atoms with Gasteiger partial charge in [0.25, 0.3) is 5.91 Å². The van der Waals surface area contributed by atoms with Gasteiger partial charge >= 0.3 is 0 Å². The van der Waals surface area contributed by atoms with Crippen molar-refractivity contribution in [3.05, 3.63) is 42.1 Å². The molecule has 0 saturated carbocycles. The molecule has 8 heteroatoms. The number of fused-ring (bicyclic) bond motifs is 1. The van der Waals surface area contributed by atoms with Gasteiger partial charge in [0.2, 0.25) is 5.75 Å². The molecule has 1 aliphatic rings. The van der Waals surface area contributed by atoms with Crippen LogP contribution in [0.4, 0.5) is 5.69 Å². The van der Waals surface area contributed by atoms with E-state index in [-0.39, 0.29) is 5.91 Å². The van der Waals surface area contributed by atoms with E-state index in [2.05, 4.69) is 9.88 Å². The summed E-state index contributed by atoms with van der Waals surface area (Å²) in [5.74, 6) is 2.37. The molecule has 1 fully saturated rings. The molecule has 1 aliphatic heterocycles. The number of H-pyrrole nitrogens is 1. The maximum atomic E-state index is 13.2. The zero-order valence-corrected chi connectivity index (χ0v) is 18.2. The summed E-state index contributed by atoms with van der Waals surface area (Å²) in [6, 6.07) is 11.6. The van der Waals surface area contributed by atoms with Crippen molar-refractivity contribution in [2.75, 3.05) is 59.5 Å². The van der Waals surface area contributed by atoms with Gasteiger partial charge in [0.05, 0.1) is 39.6 Å². The Labute approximate surface area is 181 Å². The summed E-state index contributed by atoms with van der Waals surface area (Å²) in [6.45, 7) is 2.71. The molecule has 8 nitrogen and oxygen atoms in total. The molecule has 1 saturated heterocycles. The van der Waals surface area contributed by atoms with Crippen molar-refractivity contribution in [1.29, 1.82) is 0 Å². The van der Waals surface area contributed by atoms with E-state index in [0.717, 1.165) is 35.4 Å². The van der Waals surface area contributed by atoms with E-state index in [1.807, 2.05) is 41.3 Å². The third kappa shape index (κ3) is 3.69. The molecule has 31 heavy (non-hydrogen) atoms. The maximum Gasteiger partial charge on any atom is 0.270 e. The lowest BCUT2D eigenvalue weighted by molar-refractivity contribution is 0.0741. The monoisotopic (exact) mass is 425 g/mol. The van der Waals surface area contributed by atoms with Crippen LogP contribution in [0.15, 0.2) is 36.4 Å². The minimum Gasteiger partial charge on any atom is -0.495 e. The fourth-order valence-electron chi connectivity index (χ4n) is 4.08. The molecule has 1 amide bonds. The van der Waals surface area contributed by atoms with E-state index < -0.39 is 0 Å². The largest absolute Gasteiger partial charge is 0.495 e. The first-order valence-corrected chi connectivity index (χ1v) is 10.1. The minimum atomic E-state index is -0.0455. The Morgan fingerprint density at radius 3 is 2.16 bits per heavy atom. The molecule has 0 bridgehead atoms. The number of aromatic nitrogens is 1. The molecular formula is C23H27N3O5. The smallest absolute Gasteiger partial charge is 0.270 e. The molecule has 0 radical (unpaired) electrons. The highest BCUT2D eigenvalue weighted by Crippen LogP contribution is 2.43. The van der Waals surface area contributed by atoms with Crippen molar-refractivity contribution in [2.45, 2.75) is 0 Å². The molecule has 164 valence electrons. The van der Waals surface area contributed by atoms with Crippen LogP contribution in [-0.2, 0) is 0 Å². The van der Waals surface area contributed by atoms with E-state index >= 15 is 0 Å². The van der Waals surface area contributed by atoms with Crippen LogP contribution in [0.1, 0.15) is 10.5 Å². The first-order chi connectivity index (χ1) is 15.1. The van der Waals surface area contributed by atoms with E-state index in [0.29, 0.717) is 36.0 Å². The topological polar surface area (TPSA) is 76.3 Å². The lowest BCUT2D eigenvalue weighted by Crippen LogP contribution is -2.49. The second-order valence-corrected chi connectivity index (χ2v) is 7.24. The summed E-state index contributed by atoms with van der Waals surface area (Å²) < 4.78 is 21.9. The van der Waals surface area contributed by atoms with Gasteiger partial charge < -0.3 is 33.7 Å². The van der Waals surface area contributed by atoms with Gasteiger partial charge in [-0.1, -0.05) is 12.1 Å². The molecule has 0 unspecified atom stereocenters. The molecule has 0 spiro atoms. The van der Waals surface area contributed by atoms with Crippen molar-refractivity contribution in [1.82, 2.24) is 9.88 Å². The number of aromatic amines is 1. The van der Waals surface area contributed by atoms with E-state index in [9.17, 15) is 4.79 Å². The Bertz CT molecular complexity index is 1090. The van der Waals surface area contributed by atoms with Gasteiger partial charge in [0.1, 0.15) is 11.4 Å². The van der Waals surface area contributed by atoms with Gasteiger partial charge in [-0.3, -0.25) is 4.79 Å². The Hall–Kier alpha value is -3.55. The summed E-state index contributed by atoms with van der Waals surface area (Å²) in [6.07, 6.45) is 0. The lowest BCUT2D eigenvalue weighted by atomic mass is 10.2. The van der Waals surface area contributed by atoms with Crippen LogP contribution in [0.5, 0.6) is 23.0 Å². The number of anilines is 1. The van der Waals surface area contributed by atoms with E-state index in [1.54, 1.807) is 28.4 Å². The highest BCUT2D eigenvalue weighted by Gasteiger charge is 2.26. The highest BCUT2D eigenvalue weighted by molar-refractivity contribution is 6.01. The number of nitrogens with zero attached hydrogens (tertiary/aromatic N) is 2. The lowest BCUT2D eigenvalue weighted by Gasteiger charge is -2.36. The molecule has 3 aromatic rings. The average molecular weight is 425 g/mol. The Morgan fingerprint density at radius 1 is 0.839 bits per heavy atom. The van der Waals surface area contributed by atoms with Crippen molar-refractivity contribution in [2.24, 2.45) is 0 Å². The normalized spacial score (nSPS) is 13.9. The molecule has 1 aromatic heterocycles. The predicted octanol–water partition coefficient (Wildman–Crippen LogP) is 3.16. The number of nitrogens with one attached hydrogen (secondary N) is 1. The summed E-state index contributed by atoms with van der Waals surface area (Å²) in [7, 11) is 6.38. The Balaban J connectivity index is 1.55. The van der Waals surface area contributed by atoms with Gasteiger partial charge in [-0.2, -0.15) is 0 Å². The number of hydrogen-bond acceptors (Lipinski definition) is 6. The summed E-state index contributed by atoms with van der Waals surface area (Å²) in [4.78, 5) is 20.5. The van der Waals surface area contributed by atoms with Crippen LogP contribution in [0, 0.1) is 0 Å². The number of para-hydroxylation sites is 2. The van der Waals surface area contributed by atoms with Gasteiger partial charge in [0, 0.05) is 37.6 Å². The van der Waals surface area contributed by atoms with Crippen LogP contribution in [-0.4, -0.2) is 70.4 Å². The van der Waals surface area contributed by atoms with Crippen LogP contribution < -0.4 is 23.8 Å². The van der Waals surface area contributed by atoms with Crippen molar-refractivity contribution >= 4 is 22.5 Å². The van der Waals surface area contributed by atoms with Crippen molar-refractivity contribution in [3.8, 4) is 23.0 Å². The molecule has 0 aliphatic carbocycles. The van der Waals surface area contributed by atoms with Crippen LogP contribution >= 0.6 is 0 Å². The average Bonchev–Trinajstić information content (AvgIpc) is 3.26. The standard InChI is InChI=1S/C23H27N3O5/c1-28-19-8-6-5-7-18(19)25-9-11-26(12-10-25)23(27)17-13-15-16(24-17)14-20(29-2)22(31-4)21(15)30-3/h5-8,13-14,24H,9-12H2,1-4H3. The number of methoxy groups -OCH3 is 4. The zero-order chi connectivity index (χ0) is 22.0. The summed E-state index contributed by atoms with van der Waals surface area (Å²) in [5, 5.41) is 0.774. The fraction of sp³-hybridized carbons (Fsp3) is 0.348. The Kier molecular flexibility index (Phi) is 5.79. The number of carbonyl (C=O) groups is 1. The minimum absolute atomic E-state index is 0.0455. The van der Waals surface area contributed by atoms with Crippen LogP contribution in [0.2, 0.25) is 0 Å². The third-order valence-electron chi connectivity index (χ3n) is 5.65. The quantitative estimate of drug-likeness (QED) is 0.654. The first kappa shape index (κ1) is 20.7. The number of benzene rings is 2. The van der Waals surface area contributed by atoms with Crippen molar-refractivity contribution < 1.29 is 23.7 Å². The zero-order valence-electron chi connectivity index (χ0n) is 18.2. The van der Waals surface area contributed by atoms with Crippen LogP contribution in [0.3, 0.4) is 0 Å². The number of ether oxygens (including phenoxy) is 4. The second-order valence-electron chi connectivity index (χ2n) is 7.24. The molecular weight excluding hydrogens is 398 g/mol. The number of rotatable bonds is 6. The molecule has 2 heterocycles. The molecule has 0 atom stereocenters. The molecule has 4 rings (SSSR count). The number of carbonyl (C=O) groups excluding carboxylic acids is 1.